The molecule has 3 aromatic rings. The van der Waals surface area contributed by atoms with E-state index >= 15 is 0 Å². The van der Waals surface area contributed by atoms with Crippen LogP contribution in [0.5, 0.6) is 0 Å². The highest BCUT2D eigenvalue weighted by molar-refractivity contribution is 6.31. The van der Waals surface area contributed by atoms with E-state index in [9.17, 15) is 4.79 Å². The summed E-state index contributed by atoms with van der Waals surface area (Å²) in [5.41, 5.74) is 3.66. The van der Waals surface area contributed by atoms with Crippen molar-refractivity contribution in [2.45, 2.75) is 18.3 Å². The lowest BCUT2D eigenvalue weighted by Gasteiger charge is -2.39. The highest BCUT2D eigenvalue weighted by Crippen LogP contribution is 2.48. The molecule has 0 aliphatic carbocycles. The van der Waals surface area contributed by atoms with Crippen molar-refractivity contribution in [1.29, 1.82) is 0 Å². The average molecular weight is 513 g/mol. The summed E-state index contributed by atoms with van der Waals surface area (Å²) in [6.45, 7) is 3.43. The van der Waals surface area contributed by atoms with Crippen molar-refractivity contribution >= 4 is 52.5 Å². The predicted molar refractivity (Wildman–Crippen MR) is 140 cm³/mol. The maximum atomic E-state index is 13.4. The zero-order valence-corrected chi connectivity index (χ0v) is 20.8. The van der Waals surface area contributed by atoms with Crippen LogP contribution in [0.4, 0.5) is 5.69 Å². The summed E-state index contributed by atoms with van der Waals surface area (Å²) in [4.78, 5) is 21.7. The molecule has 1 saturated heterocycles. The molecule has 0 saturated carbocycles. The number of benzene rings is 2. The Balaban J connectivity index is 1.32. The number of amides is 1. The number of hydrogen-bond donors (Lipinski definition) is 0. The molecule has 7 heteroatoms. The number of halogens is 3. The first kappa shape index (κ1) is 23.4. The zero-order chi connectivity index (χ0) is 23.7. The number of fused-ring (bicyclic) bond motifs is 2. The van der Waals surface area contributed by atoms with Crippen LogP contribution in [0.1, 0.15) is 34.3 Å². The van der Waals surface area contributed by atoms with E-state index in [2.05, 4.69) is 22.0 Å². The lowest BCUT2D eigenvalue weighted by molar-refractivity contribution is 0.0977. The molecule has 4 nitrogen and oxygen atoms in total. The van der Waals surface area contributed by atoms with Crippen LogP contribution in [0.25, 0.3) is 6.08 Å². The Kier molecular flexibility index (Phi) is 6.67. The van der Waals surface area contributed by atoms with Crippen molar-refractivity contribution in [2.75, 3.05) is 31.1 Å². The summed E-state index contributed by atoms with van der Waals surface area (Å²) >= 11 is 18.5. The minimum absolute atomic E-state index is 0.0587. The molecule has 0 unspecified atom stereocenters. The number of anilines is 1. The van der Waals surface area contributed by atoms with E-state index in [0.29, 0.717) is 22.3 Å². The number of pyridine rings is 1. The topological polar surface area (TPSA) is 36.4 Å². The molecule has 174 valence electrons. The Hall–Kier alpha value is -2.37. The van der Waals surface area contributed by atoms with E-state index in [-0.39, 0.29) is 11.3 Å². The molecule has 0 atom stereocenters. The third-order valence-electron chi connectivity index (χ3n) is 6.84. The van der Waals surface area contributed by atoms with E-state index in [1.807, 2.05) is 47.4 Å². The van der Waals surface area contributed by atoms with E-state index in [1.165, 1.54) is 5.56 Å². The lowest BCUT2D eigenvalue weighted by atomic mass is 9.74. The number of carbonyl (C=O) groups is 1. The third-order valence-corrected chi connectivity index (χ3v) is 7.51. The molecule has 2 aromatic carbocycles. The molecule has 2 aliphatic heterocycles. The highest BCUT2D eigenvalue weighted by atomic mass is 35.5. The average Bonchev–Trinajstić information content (AvgIpc) is 3.13. The molecule has 0 N–H and O–H groups in total. The van der Waals surface area contributed by atoms with Crippen molar-refractivity contribution in [3.05, 3.63) is 98.8 Å². The van der Waals surface area contributed by atoms with Crippen LogP contribution in [0.15, 0.2) is 66.9 Å². The number of hydrogen-bond acceptors (Lipinski definition) is 3. The van der Waals surface area contributed by atoms with Gasteiger partial charge in [-0.2, -0.15) is 0 Å². The van der Waals surface area contributed by atoms with Crippen molar-refractivity contribution in [3.8, 4) is 0 Å². The summed E-state index contributed by atoms with van der Waals surface area (Å²) in [6, 6.07) is 17.1. The van der Waals surface area contributed by atoms with E-state index in [0.717, 1.165) is 48.7 Å². The van der Waals surface area contributed by atoms with E-state index in [4.69, 9.17) is 34.8 Å². The molecular formula is C27H24Cl3N3O. The first-order chi connectivity index (χ1) is 16.4. The molecular weight excluding hydrogens is 489 g/mol. The quantitative estimate of drug-likeness (QED) is 0.363. The van der Waals surface area contributed by atoms with Gasteiger partial charge in [0.2, 0.25) is 0 Å². The summed E-state index contributed by atoms with van der Waals surface area (Å²) < 4.78 is 0. The van der Waals surface area contributed by atoms with Crippen LogP contribution in [-0.4, -0.2) is 42.0 Å². The Morgan fingerprint density at radius 2 is 1.79 bits per heavy atom. The number of aromatic nitrogens is 1. The van der Waals surface area contributed by atoms with Gasteiger partial charge in [-0.05, 0) is 79.5 Å². The molecule has 1 spiro atoms. The Morgan fingerprint density at radius 1 is 1.00 bits per heavy atom. The number of nitrogens with zero attached hydrogens (tertiary/aromatic N) is 3. The molecule has 34 heavy (non-hydrogen) atoms. The molecule has 5 rings (SSSR count). The molecule has 3 heterocycles. The van der Waals surface area contributed by atoms with Crippen LogP contribution in [0.2, 0.25) is 15.2 Å². The van der Waals surface area contributed by atoms with Crippen LogP contribution >= 0.6 is 34.8 Å². The number of rotatable bonds is 4. The highest BCUT2D eigenvalue weighted by Gasteiger charge is 2.46. The number of carbonyl (C=O) groups excluding carboxylic acids is 1. The summed E-state index contributed by atoms with van der Waals surface area (Å²) in [5, 5.41) is 1.76. The summed E-state index contributed by atoms with van der Waals surface area (Å²) in [6.07, 6.45) is 7.80. The summed E-state index contributed by atoms with van der Waals surface area (Å²) in [5.74, 6) is -0.0587. The SMILES string of the molecule is O=C(c1ccnc(Cl)c1)N1CC2(CCN(C/C=C/c3cccc(Cl)c3)CC2)c2cc(Cl)ccc21. The molecule has 2 aliphatic rings. The van der Waals surface area contributed by atoms with Gasteiger partial charge in [0.1, 0.15) is 5.15 Å². The second-order valence-corrected chi connectivity index (χ2v) is 10.2. The lowest BCUT2D eigenvalue weighted by Crippen LogP contribution is -2.46. The largest absolute Gasteiger partial charge is 0.307 e. The molecule has 1 aromatic heterocycles. The fourth-order valence-electron chi connectivity index (χ4n) is 5.05. The third kappa shape index (κ3) is 4.73. The van der Waals surface area contributed by atoms with Crippen LogP contribution < -0.4 is 4.90 Å². The van der Waals surface area contributed by atoms with Gasteiger partial charge in [-0.15, -0.1) is 0 Å². The normalized spacial score (nSPS) is 17.4. The maximum Gasteiger partial charge on any atom is 0.258 e. The minimum Gasteiger partial charge on any atom is -0.307 e. The second kappa shape index (κ2) is 9.71. The molecule has 0 radical (unpaired) electrons. The van der Waals surface area contributed by atoms with Gasteiger partial charge in [-0.25, -0.2) is 4.98 Å². The first-order valence-corrected chi connectivity index (χ1v) is 12.4. The van der Waals surface area contributed by atoms with Gasteiger partial charge in [0.05, 0.1) is 0 Å². The van der Waals surface area contributed by atoms with Crippen LogP contribution in [0, 0.1) is 0 Å². The maximum absolute atomic E-state index is 13.4. The summed E-state index contributed by atoms with van der Waals surface area (Å²) in [7, 11) is 0. The van der Waals surface area contributed by atoms with E-state index < -0.39 is 0 Å². The fraction of sp³-hybridized carbons (Fsp3) is 0.259. The zero-order valence-electron chi connectivity index (χ0n) is 18.6. The monoisotopic (exact) mass is 511 g/mol. The van der Waals surface area contributed by atoms with E-state index in [1.54, 1.807) is 18.3 Å². The van der Waals surface area contributed by atoms with Gasteiger partial charge in [-0.3, -0.25) is 9.69 Å². The molecule has 1 amide bonds. The van der Waals surface area contributed by atoms with Gasteiger partial charge in [0.25, 0.3) is 5.91 Å². The molecule has 1 fully saturated rings. The minimum atomic E-state index is -0.0973. The van der Waals surface area contributed by atoms with Crippen molar-refractivity contribution in [3.63, 3.8) is 0 Å². The van der Waals surface area contributed by atoms with Gasteiger partial charge in [0, 0.05) is 46.0 Å². The Morgan fingerprint density at radius 3 is 2.56 bits per heavy atom. The fourth-order valence-corrected chi connectivity index (χ4v) is 5.60. The van der Waals surface area contributed by atoms with Crippen molar-refractivity contribution in [1.82, 2.24) is 9.88 Å². The van der Waals surface area contributed by atoms with Crippen LogP contribution in [0.3, 0.4) is 0 Å². The Labute approximate surface area is 214 Å². The smallest absolute Gasteiger partial charge is 0.258 e. The van der Waals surface area contributed by atoms with Crippen molar-refractivity contribution in [2.24, 2.45) is 0 Å². The van der Waals surface area contributed by atoms with Gasteiger partial charge >= 0.3 is 0 Å². The van der Waals surface area contributed by atoms with Crippen molar-refractivity contribution < 1.29 is 4.79 Å². The number of piperidine rings is 1. The van der Waals surface area contributed by atoms with Gasteiger partial charge < -0.3 is 4.90 Å². The van der Waals surface area contributed by atoms with Crippen LogP contribution in [-0.2, 0) is 5.41 Å². The molecule has 0 bridgehead atoms. The first-order valence-electron chi connectivity index (χ1n) is 11.3. The Bertz CT molecular complexity index is 1250. The van der Waals surface area contributed by atoms with Gasteiger partial charge in [0.15, 0.2) is 0 Å². The predicted octanol–water partition coefficient (Wildman–Crippen LogP) is 6.75. The second-order valence-electron chi connectivity index (χ2n) is 8.96. The van der Waals surface area contributed by atoms with Gasteiger partial charge in [-0.1, -0.05) is 59.1 Å². The number of likely N-dealkylation sites (tertiary alicyclic amines) is 1. The standard InChI is InChI=1S/C27H24Cl3N3O/c28-21-5-1-3-19(15-21)4-2-12-32-13-9-27(10-14-32)18-33(24-7-6-22(29)17-23(24)27)26(34)20-8-11-31-25(30)16-20/h1-8,11,15-17H,9-10,12-14,18H2/b4-2+.